The van der Waals surface area contributed by atoms with E-state index in [0.29, 0.717) is 18.1 Å². The van der Waals surface area contributed by atoms with Crippen molar-refractivity contribution in [1.29, 1.82) is 0 Å². The van der Waals surface area contributed by atoms with E-state index in [0.717, 1.165) is 11.0 Å². The quantitative estimate of drug-likeness (QED) is 0.757. The Morgan fingerprint density at radius 1 is 1.33 bits per heavy atom. The van der Waals surface area contributed by atoms with E-state index in [-0.39, 0.29) is 0 Å². The molecule has 0 bridgehead atoms. The number of halogens is 3. The molecule has 1 rings (SSSR count). The Kier molecular flexibility index (Phi) is 4.01. The van der Waals surface area contributed by atoms with Crippen molar-refractivity contribution in [3.05, 3.63) is 5.82 Å². The standard InChI is InChI=1S/C8H12F3N3S/c1-3-4-5-14-6(8(9,10)11)12-13-7(14)15-2/h3-5H2,1-2H3. The molecule has 0 atom stereocenters. The zero-order chi connectivity index (χ0) is 11.5. The zero-order valence-corrected chi connectivity index (χ0v) is 9.32. The number of aromatic nitrogens is 3. The Morgan fingerprint density at radius 3 is 2.47 bits per heavy atom. The van der Waals surface area contributed by atoms with E-state index < -0.39 is 12.0 Å². The molecule has 3 nitrogen and oxygen atoms in total. The summed E-state index contributed by atoms with van der Waals surface area (Å²) in [6.45, 7) is 2.24. The summed E-state index contributed by atoms with van der Waals surface area (Å²) < 4.78 is 38.6. The van der Waals surface area contributed by atoms with Crippen molar-refractivity contribution in [3.8, 4) is 0 Å². The monoisotopic (exact) mass is 239 g/mol. The summed E-state index contributed by atoms with van der Waals surface area (Å²) in [6, 6.07) is 0. The molecule has 0 N–H and O–H groups in total. The maximum atomic E-state index is 12.5. The minimum atomic E-state index is -4.42. The predicted molar refractivity (Wildman–Crippen MR) is 51.7 cm³/mol. The Bertz CT molecular complexity index is 321. The first-order valence-corrected chi connectivity index (χ1v) is 5.77. The Morgan fingerprint density at radius 2 is 2.00 bits per heavy atom. The van der Waals surface area contributed by atoms with Crippen molar-refractivity contribution in [3.63, 3.8) is 0 Å². The summed E-state index contributed by atoms with van der Waals surface area (Å²) >= 11 is 1.17. The molecule has 0 aliphatic carbocycles. The Labute approximate surface area is 90.1 Å². The number of hydrogen-bond acceptors (Lipinski definition) is 3. The van der Waals surface area contributed by atoms with Crippen LogP contribution in [0.25, 0.3) is 0 Å². The van der Waals surface area contributed by atoms with Gasteiger partial charge in [0.25, 0.3) is 0 Å². The molecule has 0 saturated carbocycles. The second-order valence-electron chi connectivity index (χ2n) is 3.01. The third-order valence-corrected chi connectivity index (χ3v) is 2.56. The maximum Gasteiger partial charge on any atom is 0.451 e. The van der Waals surface area contributed by atoms with Gasteiger partial charge in [-0.15, -0.1) is 10.2 Å². The van der Waals surface area contributed by atoms with Crippen LogP contribution in [0.2, 0.25) is 0 Å². The first-order valence-electron chi connectivity index (χ1n) is 4.55. The minimum absolute atomic E-state index is 0.314. The van der Waals surface area contributed by atoms with Gasteiger partial charge in [0.15, 0.2) is 5.16 Å². The molecule has 1 aromatic heterocycles. The van der Waals surface area contributed by atoms with Crippen molar-refractivity contribution >= 4 is 11.8 Å². The average molecular weight is 239 g/mol. The maximum absolute atomic E-state index is 12.5. The summed E-state index contributed by atoms with van der Waals surface area (Å²) in [5.41, 5.74) is 0. The van der Waals surface area contributed by atoms with Gasteiger partial charge < -0.3 is 0 Å². The van der Waals surface area contributed by atoms with Crippen LogP contribution < -0.4 is 0 Å². The third kappa shape index (κ3) is 2.87. The fraction of sp³-hybridized carbons (Fsp3) is 0.750. The summed E-state index contributed by atoms with van der Waals surface area (Å²) in [7, 11) is 0. The smallest absolute Gasteiger partial charge is 0.298 e. The molecule has 0 radical (unpaired) electrons. The highest BCUT2D eigenvalue weighted by molar-refractivity contribution is 7.98. The van der Waals surface area contributed by atoms with Crippen LogP contribution in [0.5, 0.6) is 0 Å². The van der Waals surface area contributed by atoms with Crippen LogP contribution in [0.3, 0.4) is 0 Å². The van der Waals surface area contributed by atoms with Crippen LogP contribution in [0.4, 0.5) is 13.2 Å². The molecule has 0 fully saturated rings. The van der Waals surface area contributed by atoms with E-state index >= 15 is 0 Å². The summed E-state index contributed by atoms with van der Waals surface area (Å²) in [5.74, 6) is -0.903. The fourth-order valence-corrected chi connectivity index (χ4v) is 1.69. The lowest BCUT2D eigenvalue weighted by atomic mass is 10.3. The van der Waals surface area contributed by atoms with Gasteiger partial charge in [-0.05, 0) is 12.7 Å². The molecule has 1 aromatic rings. The molecule has 15 heavy (non-hydrogen) atoms. The van der Waals surface area contributed by atoms with Gasteiger partial charge in [-0.2, -0.15) is 13.2 Å². The molecule has 0 aliphatic heterocycles. The summed E-state index contributed by atoms with van der Waals surface area (Å²) in [4.78, 5) is 0. The van der Waals surface area contributed by atoms with Crippen molar-refractivity contribution in [2.45, 2.75) is 37.6 Å². The molecule has 0 aromatic carbocycles. The SMILES string of the molecule is CCCCn1c(SC)nnc1C(F)(F)F. The second-order valence-corrected chi connectivity index (χ2v) is 3.79. The van der Waals surface area contributed by atoms with Gasteiger partial charge in [0.2, 0.25) is 5.82 Å². The number of hydrogen-bond donors (Lipinski definition) is 0. The van der Waals surface area contributed by atoms with Gasteiger partial charge in [0.05, 0.1) is 0 Å². The molecule has 7 heteroatoms. The highest BCUT2D eigenvalue weighted by Crippen LogP contribution is 2.30. The van der Waals surface area contributed by atoms with E-state index in [1.54, 1.807) is 6.26 Å². The number of thioether (sulfide) groups is 1. The van der Waals surface area contributed by atoms with Crippen LogP contribution in [0.15, 0.2) is 5.16 Å². The lowest BCUT2D eigenvalue weighted by molar-refractivity contribution is -0.147. The van der Waals surface area contributed by atoms with Crippen LogP contribution in [-0.2, 0) is 12.7 Å². The van der Waals surface area contributed by atoms with Crippen molar-refractivity contribution in [1.82, 2.24) is 14.8 Å². The lowest BCUT2D eigenvalue weighted by Crippen LogP contribution is -2.15. The van der Waals surface area contributed by atoms with E-state index in [1.165, 1.54) is 11.8 Å². The van der Waals surface area contributed by atoms with Crippen LogP contribution >= 0.6 is 11.8 Å². The Hall–Kier alpha value is -0.720. The molecular formula is C8H12F3N3S. The number of alkyl halides is 3. The number of rotatable bonds is 4. The summed E-state index contributed by atoms with van der Waals surface area (Å²) in [6.07, 6.45) is -1.21. The third-order valence-electron chi connectivity index (χ3n) is 1.89. The minimum Gasteiger partial charge on any atom is -0.298 e. The molecule has 0 amide bonds. The van der Waals surface area contributed by atoms with Gasteiger partial charge >= 0.3 is 6.18 Å². The first kappa shape index (κ1) is 12.4. The lowest BCUT2D eigenvalue weighted by Gasteiger charge is -2.10. The van der Waals surface area contributed by atoms with Crippen LogP contribution in [-0.4, -0.2) is 21.0 Å². The zero-order valence-electron chi connectivity index (χ0n) is 8.51. The largest absolute Gasteiger partial charge is 0.451 e. The normalized spacial score (nSPS) is 12.1. The van der Waals surface area contributed by atoms with Gasteiger partial charge in [-0.1, -0.05) is 25.1 Å². The molecule has 0 unspecified atom stereocenters. The van der Waals surface area contributed by atoms with Gasteiger partial charge in [0, 0.05) is 6.54 Å². The van der Waals surface area contributed by atoms with Crippen molar-refractivity contribution in [2.75, 3.05) is 6.26 Å². The molecule has 0 spiro atoms. The second kappa shape index (κ2) is 4.87. The molecule has 0 saturated heterocycles. The highest BCUT2D eigenvalue weighted by Gasteiger charge is 2.38. The predicted octanol–water partition coefficient (Wildman–Crippen LogP) is 2.82. The van der Waals surface area contributed by atoms with Crippen molar-refractivity contribution < 1.29 is 13.2 Å². The van der Waals surface area contributed by atoms with E-state index in [2.05, 4.69) is 10.2 Å². The van der Waals surface area contributed by atoms with E-state index in [9.17, 15) is 13.2 Å². The number of nitrogens with zero attached hydrogens (tertiary/aromatic N) is 3. The molecule has 1 heterocycles. The average Bonchev–Trinajstić information content (AvgIpc) is 2.56. The molecule has 86 valence electrons. The number of unbranched alkanes of at least 4 members (excludes halogenated alkanes) is 1. The Balaban J connectivity index is 3.00. The van der Waals surface area contributed by atoms with Gasteiger partial charge in [-0.25, -0.2) is 0 Å². The van der Waals surface area contributed by atoms with E-state index in [4.69, 9.17) is 0 Å². The molecular weight excluding hydrogens is 227 g/mol. The molecule has 0 aliphatic rings. The topological polar surface area (TPSA) is 30.7 Å². The van der Waals surface area contributed by atoms with Gasteiger partial charge in [0.1, 0.15) is 0 Å². The van der Waals surface area contributed by atoms with Gasteiger partial charge in [-0.3, -0.25) is 4.57 Å². The van der Waals surface area contributed by atoms with Crippen molar-refractivity contribution in [2.24, 2.45) is 0 Å². The van der Waals surface area contributed by atoms with E-state index in [1.807, 2.05) is 6.92 Å². The highest BCUT2D eigenvalue weighted by atomic mass is 32.2. The fourth-order valence-electron chi connectivity index (χ4n) is 1.17. The van der Waals surface area contributed by atoms with Crippen LogP contribution in [0, 0.1) is 0 Å². The first-order chi connectivity index (χ1) is 7.00. The van der Waals surface area contributed by atoms with Crippen LogP contribution in [0.1, 0.15) is 25.6 Å². The summed E-state index contributed by atoms with van der Waals surface area (Å²) in [5, 5.41) is 7.00.